The van der Waals surface area contributed by atoms with Crippen LogP contribution < -0.4 is 15.8 Å². The zero-order valence-electron chi connectivity index (χ0n) is 19.6. The molecule has 9 nitrogen and oxygen atoms in total. The van der Waals surface area contributed by atoms with Gasteiger partial charge in [-0.3, -0.25) is 9.59 Å². The van der Waals surface area contributed by atoms with Gasteiger partial charge in [-0.2, -0.15) is 5.26 Å². The molecule has 0 spiro atoms. The van der Waals surface area contributed by atoms with Crippen molar-refractivity contribution in [1.29, 1.82) is 5.26 Å². The minimum Gasteiger partial charge on any atom is -0.351 e. The van der Waals surface area contributed by atoms with E-state index >= 15 is 0 Å². The van der Waals surface area contributed by atoms with Crippen LogP contribution in [0.4, 0.5) is 5.82 Å². The van der Waals surface area contributed by atoms with Crippen LogP contribution in [0.2, 0.25) is 0 Å². The molecule has 3 aromatic rings. The molecule has 184 valence electrons. The van der Waals surface area contributed by atoms with E-state index in [-0.39, 0.29) is 22.9 Å². The summed E-state index contributed by atoms with van der Waals surface area (Å²) in [5.74, 6) is 0.126. The number of nitrogens with zero attached hydrogens (tertiary/aromatic N) is 4. The minimum atomic E-state index is -3.17. The molecule has 0 radical (unpaired) electrons. The number of sulfone groups is 1. The first-order valence-electron chi connectivity index (χ1n) is 12.1. The SMILES string of the molecule is N#Cc1ccc(CNC(=O)c2cc3ccnc4c3n(c2=O)CCN4CC2(S(=O)(=O)C3CC3)CC2)cc1. The van der Waals surface area contributed by atoms with Gasteiger partial charge in [-0.15, -0.1) is 0 Å². The lowest BCUT2D eigenvalue weighted by Gasteiger charge is -2.33. The van der Waals surface area contributed by atoms with E-state index in [2.05, 4.69) is 16.4 Å². The molecule has 0 bridgehead atoms. The van der Waals surface area contributed by atoms with Gasteiger partial charge in [0.1, 0.15) is 5.56 Å². The first-order valence-corrected chi connectivity index (χ1v) is 13.7. The van der Waals surface area contributed by atoms with Crippen LogP contribution >= 0.6 is 0 Å². The molecule has 36 heavy (non-hydrogen) atoms. The van der Waals surface area contributed by atoms with E-state index < -0.39 is 20.5 Å². The number of carbonyl (C=O) groups excluding carboxylic acids is 1. The first-order chi connectivity index (χ1) is 17.3. The molecular weight excluding hydrogens is 478 g/mol. The lowest BCUT2D eigenvalue weighted by atomic mass is 10.1. The second-order valence-corrected chi connectivity index (χ2v) is 12.6. The van der Waals surface area contributed by atoms with E-state index in [4.69, 9.17) is 5.26 Å². The average Bonchev–Trinajstić information content (AvgIpc) is 3.80. The van der Waals surface area contributed by atoms with Gasteiger partial charge in [0, 0.05) is 37.8 Å². The van der Waals surface area contributed by atoms with Crippen molar-refractivity contribution in [2.24, 2.45) is 0 Å². The van der Waals surface area contributed by atoms with Crippen molar-refractivity contribution in [3.63, 3.8) is 0 Å². The minimum absolute atomic E-state index is 0.0525. The number of nitriles is 1. The largest absolute Gasteiger partial charge is 0.351 e. The summed E-state index contributed by atoms with van der Waals surface area (Å²) in [7, 11) is -3.17. The Morgan fingerprint density at radius 1 is 1.17 bits per heavy atom. The second-order valence-electron chi connectivity index (χ2n) is 9.93. The number of aromatic nitrogens is 2. The van der Waals surface area contributed by atoms with Gasteiger partial charge < -0.3 is 14.8 Å². The topological polar surface area (TPSA) is 125 Å². The summed E-state index contributed by atoms with van der Waals surface area (Å²) in [6, 6.07) is 12.3. The van der Waals surface area contributed by atoms with Gasteiger partial charge in [0.25, 0.3) is 11.5 Å². The molecule has 1 amide bonds. The predicted molar refractivity (Wildman–Crippen MR) is 134 cm³/mol. The van der Waals surface area contributed by atoms with Gasteiger partial charge in [-0.1, -0.05) is 12.1 Å². The summed E-state index contributed by atoms with van der Waals surface area (Å²) < 4.78 is 27.0. The number of pyridine rings is 2. The Morgan fingerprint density at radius 3 is 2.58 bits per heavy atom. The van der Waals surface area contributed by atoms with Crippen LogP contribution in [0.25, 0.3) is 10.9 Å². The summed E-state index contributed by atoms with van der Waals surface area (Å²) >= 11 is 0. The normalized spacial score (nSPS) is 18.0. The number of rotatable bonds is 7. The summed E-state index contributed by atoms with van der Waals surface area (Å²) in [5, 5.41) is 12.2. The smallest absolute Gasteiger partial charge is 0.264 e. The Morgan fingerprint density at radius 2 is 1.92 bits per heavy atom. The van der Waals surface area contributed by atoms with Crippen molar-refractivity contribution in [1.82, 2.24) is 14.9 Å². The third-order valence-corrected chi connectivity index (χ3v) is 10.6. The van der Waals surface area contributed by atoms with Gasteiger partial charge in [0.2, 0.25) is 0 Å². The second kappa shape index (κ2) is 8.17. The standard InChI is InChI=1S/C26H25N5O4S/c27-14-17-1-3-18(4-2-17)15-29-24(32)21-13-19-7-10-28-23-22(19)31(25(21)33)12-11-30(23)16-26(8-9-26)36(34,35)20-5-6-20/h1-4,7,10,13,20H,5-6,8-9,11-12,15-16H2,(H,29,32). The highest BCUT2D eigenvalue weighted by Gasteiger charge is 2.60. The van der Waals surface area contributed by atoms with Crippen LogP contribution in [0, 0.1) is 11.3 Å². The average molecular weight is 504 g/mol. The summed E-state index contributed by atoms with van der Waals surface area (Å²) in [4.78, 5) is 32.8. The van der Waals surface area contributed by atoms with Crippen LogP contribution in [-0.4, -0.2) is 47.0 Å². The molecule has 2 fully saturated rings. The number of carbonyl (C=O) groups is 1. The van der Waals surface area contributed by atoms with Gasteiger partial charge in [-0.25, -0.2) is 13.4 Å². The molecule has 0 atom stereocenters. The quantitative estimate of drug-likeness (QED) is 0.524. The number of anilines is 1. The van der Waals surface area contributed by atoms with E-state index in [1.165, 1.54) is 0 Å². The third kappa shape index (κ3) is 3.66. The Kier molecular flexibility index (Phi) is 5.16. The highest BCUT2D eigenvalue weighted by Crippen LogP contribution is 2.51. The van der Waals surface area contributed by atoms with Crippen LogP contribution in [0.1, 0.15) is 47.2 Å². The maximum Gasteiger partial charge on any atom is 0.264 e. The molecular formula is C26H25N5O4S. The summed E-state index contributed by atoms with van der Waals surface area (Å²) in [5.41, 5.74) is 1.66. The predicted octanol–water partition coefficient (Wildman–Crippen LogP) is 2.13. The third-order valence-electron chi connectivity index (χ3n) is 7.51. The lowest BCUT2D eigenvalue weighted by Crippen LogP contribution is -2.45. The molecule has 1 aromatic carbocycles. The Hall–Kier alpha value is -3.71. The van der Waals surface area contributed by atoms with Crippen molar-refractivity contribution in [3.8, 4) is 6.07 Å². The molecule has 2 aliphatic carbocycles. The van der Waals surface area contributed by atoms with Crippen molar-refractivity contribution in [3.05, 3.63) is 69.6 Å². The van der Waals surface area contributed by atoms with Crippen molar-refractivity contribution in [2.45, 2.75) is 48.8 Å². The highest BCUT2D eigenvalue weighted by atomic mass is 32.2. The Bertz CT molecular complexity index is 1600. The molecule has 3 heterocycles. The van der Waals surface area contributed by atoms with Crippen molar-refractivity contribution < 1.29 is 13.2 Å². The Labute approximate surface area is 208 Å². The zero-order valence-corrected chi connectivity index (χ0v) is 20.4. The maximum atomic E-state index is 13.3. The van der Waals surface area contributed by atoms with Gasteiger partial charge in [0.15, 0.2) is 15.7 Å². The number of nitrogens with one attached hydrogen (secondary N) is 1. The molecule has 2 saturated carbocycles. The van der Waals surface area contributed by atoms with E-state index in [0.29, 0.717) is 54.8 Å². The molecule has 0 unspecified atom stereocenters. The Balaban J connectivity index is 1.28. The molecule has 6 rings (SSSR count). The van der Waals surface area contributed by atoms with Gasteiger partial charge in [-0.05, 0) is 55.5 Å². The van der Waals surface area contributed by atoms with Crippen LogP contribution in [0.3, 0.4) is 0 Å². The van der Waals surface area contributed by atoms with Crippen LogP contribution in [0.5, 0.6) is 0 Å². The number of hydrogen-bond donors (Lipinski definition) is 1. The number of benzene rings is 1. The molecule has 10 heteroatoms. The summed E-state index contributed by atoms with van der Waals surface area (Å²) in [6.07, 6.45) is 4.49. The molecule has 1 aliphatic heterocycles. The monoisotopic (exact) mass is 503 g/mol. The van der Waals surface area contributed by atoms with E-state index in [0.717, 1.165) is 18.4 Å². The number of hydrogen-bond acceptors (Lipinski definition) is 7. The van der Waals surface area contributed by atoms with Crippen molar-refractivity contribution in [2.75, 3.05) is 18.0 Å². The van der Waals surface area contributed by atoms with E-state index in [1.54, 1.807) is 47.2 Å². The molecule has 0 saturated heterocycles. The molecule has 1 N–H and O–H groups in total. The molecule has 3 aliphatic rings. The van der Waals surface area contributed by atoms with Crippen LogP contribution in [0.15, 0.2) is 47.4 Å². The fourth-order valence-electron chi connectivity index (χ4n) is 5.13. The number of amides is 1. The highest BCUT2D eigenvalue weighted by molar-refractivity contribution is 7.94. The fourth-order valence-corrected chi connectivity index (χ4v) is 7.60. The zero-order chi connectivity index (χ0) is 25.1. The van der Waals surface area contributed by atoms with Gasteiger partial charge >= 0.3 is 0 Å². The van der Waals surface area contributed by atoms with Crippen LogP contribution in [-0.2, 0) is 22.9 Å². The lowest BCUT2D eigenvalue weighted by molar-refractivity contribution is 0.0949. The van der Waals surface area contributed by atoms with Crippen molar-refractivity contribution >= 4 is 32.5 Å². The maximum absolute atomic E-state index is 13.3. The van der Waals surface area contributed by atoms with E-state index in [9.17, 15) is 18.0 Å². The van der Waals surface area contributed by atoms with Gasteiger partial charge in [0.05, 0.1) is 27.1 Å². The van der Waals surface area contributed by atoms with E-state index in [1.807, 2.05) is 4.90 Å². The summed E-state index contributed by atoms with van der Waals surface area (Å²) in [6.45, 7) is 1.43. The fraction of sp³-hybridized carbons (Fsp3) is 0.385. The first kappa shape index (κ1) is 22.7. The molecule has 2 aromatic heterocycles.